The maximum absolute atomic E-state index is 11.8. The van der Waals surface area contributed by atoms with E-state index in [9.17, 15) is 19.5 Å². The van der Waals surface area contributed by atoms with Gasteiger partial charge in [0.2, 0.25) is 5.91 Å². The maximum Gasteiger partial charge on any atom is 0.352 e. The van der Waals surface area contributed by atoms with Gasteiger partial charge in [0, 0.05) is 5.75 Å². The number of methoxy groups -OCH3 is 1. The Balaban J connectivity index is 1.90. The molecule has 0 aromatic heterocycles. The summed E-state index contributed by atoms with van der Waals surface area (Å²) in [5.41, 5.74) is 6.33. The second-order valence-electron chi connectivity index (χ2n) is 5.09. The predicted octanol–water partition coefficient (Wildman–Crippen LogP) is -0.623. The molecule has 7 nitrogen and oxygen atoms in total. The molecule has 0 aromatic carbocycles. The number of rotatable bonds is 3. The lowest BCUT2D eigenvalue weighted by Gasteiger charge is -2.48. The molecule has 1 amide bonds. The smallest absolute Gasteiger partial charge is 0.352 e. The SMILES string of the molecule is COC(=O)C1CC1C1=C(C(=O)O)N2C(=O)[C@@H](N)[C@H]2SC1. The minimum absolute atomic E-state index is 0.0110. The number of amides is 1. The van der Waals surface area contributed by atoms with Gasteiger partial charge in [-0.05, 0) is 17.9 Å². The summed E-state index contributed by atoms with van der Waals surface area (Å²) in [5.74, 6) is -1.76. The van der Waals surface area contributed by atoms with Gasteiger partial charge in [-0.2, -0.15) is 0 Å². The van der Waals surface area contributed by atoms with Gasteiger partial charge >= 0.3 is 11.9 Å². The number of ether oxygens (including phenoxy) is 1. The lowest BCUT2D eigenvalue weighted by atomic mass is 10.0. The van der Waals surface area contributed by atoms with Crippen molar-refractivity contribution in [3.8, 4) is 0 Å². The molecule has 20 heavy (non-hydrogen) atoms. The van der Waals surface area contributed by atoms with Crippen LogP contribution < -0.4 is 5.73 Å². The molecular formula is C12H14N2O5S. The Kier molecular flexibility index (Phi) is 3.02. The first-order valence-electron chi connectivity index (χ1n) is 6.21. The first-order chi connectivity index (χ1) is 9.47. The molecule has 4 atom stereocenters. The molecule has 3 rings (SSSR count). The van der Waals surface area contributed by atoms with Crippen LogP contribution in [0.3, 0.4) is 0 Å². The van der Waals surface area contributed by atoms with E-state index in [0.29, 0.717) is 17.7 Å². The van der Waals surface area contributed by atoms with Crippen molar-refractivity contribution in [1.29, 1.82) is 0 Å². The van der Waals surface area contributed by atoms with E-state index >= 15 is 0 Å². The number of hydrogen-bond acceptors (Lipinski definition) is 6. The zero-order valence-corrected chi connectivity index (χ0v) is 11.6. The number of β-lactam (4-membered cyclic amide) rings is 1. The first kappa shape index (κ1) is 13.4. The predicted molar refractivity (Wildman–Crippen MR) is 69.3 cm³/mol. The monoisotopic (exact) mass is 298 g/mol. The van der Waals surface area contributed by atoms with Crippen molar-refractivity contribution in [2.45, 2.75) is 17.8 Å². The highest BCUT2D eigenvalue weighted by atomic mass is 32.2. The Bertz CT molecular complexity index is 546. The summed E-state index contributed by atoms with van der Waals surface area (Å²) in [6.45, 7) is 0. The number of nitrogens with zero attached hydrogens (tertiary/aromatic N) is 1. The number of carboxylic acids is 1. The molecule has 1 saturated carbocycles. The van der Waals surface area contributed by atoms with Gasteiger partial charge in [-0.1, -0.05) is 0 Å². The number of carbonyl (C=O) groups excluding carboxylic acids is 2. The van der Waals surface area contributed by atoms with Crippen LogP contribution in [0, 0.1) is 11.8 Å². The van der Waals surface area contributed by atoms with Gasteiger partial charge in [-0.3, -0.25) is 14.5 Å². The van der Waals surface area contributed by atoms with Crippen LogP contribution in [0.15, 0.2) is 11.3 Å². The largest absolute Gasteiger partial charge is 0.477 e. The number of hydrogen-bond donors (Lipinski definition) is 2. The van der Waals surface area contributed by atoms with Crippen LogP contribution >= 0.6 is 11.8 Å². The summed E-state index contributed by atoms with van der Waals surface area (Å²) in [6, 6.07) is -0.633. The van der Waals surface area contributed by atoms with Gasteiger partial charge < -0.3 is 15.6 Å². The van der Waals surface area contributed by atoms with E-state index in [4.69, 9.17) is 5.73 Å². The molecule has 3 aliphatic rings. The highest BCUT2D eigenvalue weighted by Crippen LogP contribution is 2.51. The van der Waals surface area contributed by atoms with Gasteiger partial charge in [0.05, 0.1) is 13.0 Å². The number of fused-ring (bicyclic) bond motifs is 1. The maximum atomic E-state index is 11.8. The van der Waals surface area contributed by atoms with E-state index in [1.165, 1.54) is 23.8 Å². The quantitative estimate of drug-likeness (QED) is 0.527. The average molecular weight is 298 g/mol. The molecule has 1 aliphatic carbocycles. The molecule has 0 radical (unpaired) electrons. The van der Waals surface area contributed by atoms with Gasteiger partial charge in [-0.25, -0.2) is 4.79 Å². The standard InChI is InChI=1S/C12H14N2O5S/c1-19-12(18)5-2-4(5)6-3-20-10-7(13)9(15)14(10)8(6)11(16)17/h4-5,7,10H,2-3,13H2,1H3,(H,16,17)/t4?,5?,7-,10-/m1/s1. The van der Waals surface area contributed by atoms with Gasteiger partial charge in [0.25, 0.3) is 0 Å². The van der Waals surface area contributed by atoms with E-state index < -0.39 is 12.0 Å². The molecule has 2 heterocycles. The molecule has 0 spiro atoms. The molecule has 3 N–H and O–H groups in total. The molecule has 2 unspecified atom stereocenters. The van der Waals surface area contributed by atoms with Crippen LogP contribution in [0.4, 0.5) is 0 Å². The number of carbonyl (C=O) groups is 3. The van der Waals surface area contributed by atoms with Crippen molar-refractivity contribution in [2.75, 3.05) is 12.9 Å². The summed E-state index contributed by atoms with van der Waals surface area (Å²) in [5, 5.41) is 9.08. The van der Waals surface area contributed by atoms with Crippen molar-refractivity contribution in [2.24, 2.45) is 17.6 Å². The Labute approximate surface area is 119 Å². The van der Waals surface area contributed by atoms with E-state index in [1.54, 1.807) is 0 Å². The Morgan fingerprint density at radius 3 is 2.80 bits per heavy atom. The van der Waals surface area contributed by atoms with Crippen LogP contribution in [0.1, 0.15) is 6.42 Å². The zero-order valence-electron chi connectivity index (χ0n) is 10.7. The second-order valence-corrected chi connectivity index (χ2v) is 6.19. The van der Waals surface area contributed by atoms with Crippen LogP contribution in [0.25, 0.3) is 0 Å². The lowest BCUT2D eigenvalue weighted by Crippen LogP contribution is -2.68. The van der Waals surface area contributed by atoms with Crippen LogP contribution in [-0.2, 0) is 19.1 Å². The van der Waals surface area contributed by atoms with Gasteiger partial charge in [-0.15, -0.1) is 11.8 Å². The van der Waals surface area contributed by atoms with E-state index in [2.05, 4.69) is 4.74 Å². The zero-order chi connectivity index (χ0) is 14.6. The van der Waals surface area contributed by atoms with Crippen LogP contribution in [0.5, 0.6) is 0 Å². The summed E-state index contributed by atoms with van der Waals surface area (Å²) >= 11 is 1.45. The first-order valence-corrected chi connectivity index (χ1v) is 7.26. The highest BCUT2D eigenvalue weighted by Gasteiger charge is 2.56. The Hall–Kier alpha value is -1.54. The third kappa shape index (κ3) is 1.75. The number of esters is 1. The van der Waals surface area contributed by atoms with Crippen molar-refractivity contribution >= 4 is 29.6 Å². The molecule has 108 valence electrons. The van der Waals surface area contributed by atoms with E-state index in [-0.39, 0.29) is 34.8 Å². The van der Waals surface area contributed by atoms with E-state index in [1.807, 2.05) is 0 Å². The minimum atomic E-state index is -1.14. The van der Waals surface area contributed by atoms with E-state index in [0.717, 1.165) is 0 Å². The summed E-state index contributed by atoms with van der Waals surface area (Å²) in [6.07, 6.45) is 0.581. The second kappa shape index (κ2) is 4.49. The van der Waals surface area contributed by atoms with Crippen molar-refractivity contribution in [3.63, 3.8) is 0 Å². The summed E-state index contributed by atoms with van der Waals surface area (Å²) < 4.78 is 4.67. The van der Waals surface area contributed by atoms with Crippen molar-refractivity contribution < 1.29 is 24.2 Å². The van der Waals surface area contributed by atoms with Crippen molar-refractivity contribution in [3.05, 3.63) is 11.3 Å². The summed E-state index contributed by atoms with van der Waals surface area (Å²) in [4.78, 5) is 36.0. The number of aliphatic carboxylic acids is 1. The lowest BCUT2D eigenvalue weighted by molar-refractivity contribution is -0.148. The van der Waals surface area contributed by atoms with Crippen LogP contribution in [0.2, 0.25) is 0 Å². The highest BCUT2D eigenvalue weighted by molar-refractivity contribution is 8.00. The molecule has 1 saturated heterocycles. The number of nitrogens with two attached hydrogens (primary N) is 1. The average Bonchev–Trinajstić information content (AvgIpc) is 3.24. The third-order valence-corrected chi connectivity index (χ3v) is 5.31. The number of carboxylic acid groups (broad SMARTS) is 1. The van der Waals surface area contributed by atoms with Gasteiger partial charge in [0.1, 0.15) is 17.1 Å². The minimum Gasteiger partial charge on any atom is -0.477 e. The topological polar surface area (TPSA) is 110 Å². The molecular weight excluding hydrogens is 284 g/mol. The fraction of sp³-hybridized carbons (Fsp3) is 0.583. The fourth-order valence-corrected chi connectivity index (χ4v) is 4.20. The molecule has 2 fully saturated rings. The fourth-order valence-electron chi connectivity index (χ4n) is 2.82. The Morgan fingerprint density at radius 2 is 2.20 bits per heavy atom. The third-order valence-electron chi connectivity index (χ3n) is 3.98. The van der Waals surface area contributed by atoms with Gasteiger partial charge in [0.15, 0.2) is 0 Å². The number of thioether (sulfide) groups is 1. The van der Waals surface area contributed by atoms with Crippen LogP contribution in [-0.4, -0.2) is 52.1 Å². The molecule has 8 heteroatoms. The molecule has 0 aromatic rings. The summed E-state index contributed by atoms with van der Waals surface area (Å²) in [7, 11) is 1.31. The normalized spacial score (nSPS) is 35.3. The molecule has 2 aliphatic heterocycles. The molecule has 0 bridgehead atoms. The Morgan fingerprint density at radius 1 is 1.50 bits per heavy atom. The van der Waals surface area contributed by atoms with Crippen molar-refractivity contribution in [1.82, 2.24) is 4.90 Å².